The normalized spacial score (nSPS) is 20.6. The van der Waals surface area contributed by atoms with Crippen LogP contribution in [0.4, 0.5) is 0 Å². The van der Waals surface area contributed by atoms with Crippen LogP contribution >= 0.6 is 0 Å². The molecule has 6 radical (unpaired) electrons. The van der Waals surface area contributed by atoms with Gasteiger partial charge in [-0.05, 0) is 51.7 Å². The van der Waals surface area contributed by atoms with E-state index >= 15 is 0 Å². The Labute approximate surface area is 151 Å². The molecule has 2 saturated carbocycles. The van der Waals surface area contributed by atoms with Gasteiger partial charge in [-0.2, -0.15) is 0 Å². The molecule has 0 N–H and O–H groups in total. The van der Waals surface area contributed by atoms with Crippen molar-refractivity contribution in [2.45, 2.75) is 38.6 Å². The maximum absolute atomic E-state index is 11.8. The number of rotatable bonds is 2. The first-order valence-electron chi connectivity index (χ1n) is 6.38. The zero-order valence-corrected chi connectivity index (χ0v) is 15.5. The number of Topliss-reactive ketones (excluding diaryl/α,β-unsaturated/α-hetero) is 1. The van der Waals surface area contributed by atoms with Gasteiger partial charge in [-0.1, -0.05) is 0 Å². The van der Waals surface area contributed by atoms with Gasteiger partial charge in [0.2, 0.25) is 0 Å². The van der Waals surface area contributed by atoms with E-state index in [4.69, 9.17) is 18.4 Å². The van der Waals surface area contributed by atoms with Crippen molar-refractivity contribution in [2.24, 2.45) is 0 Å². The zero-order valence-electron chi connectivity index (χ0n) is 13.3. The topological polar surface area (TPSA) is 86.0 Å². The molecule has 0 spiro atoms. The molecule has 0 aromatic heterocycles. The molecule has 0 aromatic carbocycles. The molecule has 0 aromatic rings. The average Bonchev–Trinajstić information content (AvgIpc) is 2.55. The Morgan fingerprint density at radius 1 is 1.04 bits per heavy atom. The summed E-state index contributed by atoms with van der Waals surface area (Å²) in [7, 11) is -1.55. The van der Waals surface area contributed by atoms with Gasteiger partial charge in [-0.25, -0.2) is 0 Å². The molecule has 2 aliphatic carbocycles. The van der Waals surface area contributed by atoms with Crippen molar-refractivity contribution in [1.82, 2.24) is 0 Å². The molecular formula is C16H18CrO5Si. The Morgan fingerprint density at radius 3 is 2.00 bits per heavy atom. The van der Waals surface area contributed by atoms with E-state index in [-0.39, 0.29) is 29.2 Å². The van der Waals surface area contributed by atoms with Crippen LogP contribution in [0.2, 0.25) is 19.6 Å². The molecule has 0 heterocycles. The summed E-state index contributed by atoms with van der Waals surface area (Å²) in [6.45, 7) is 20.1. The van der Waals surface area contributed by atoms with Crippen LogP contribution in [-0.2, 0) is 40.5 Å². The van der Waals surface area contributed by atoms with Crippen LogP contribution in [0.3, 0.4) is 0 Å². The van der Waals surface area contributed by atoms with E-state index in [1.54, 1.807) is 0 Å². The van der Waals surface area contributed by atoms with E-state index in [1.807, 2.05) is 25.7 Å². The minimum atomic E-state index is -1.55. The third kappa shape index (κ3) is 10.1. The summed E-state index contributed by atoms with van der Waals surface area (Å²) in [5.41, 5.74) is 0. The van der Waals surface area contributed by atoms with Gasteiger partial charge in [0.05, 0.1) is 12.0 Å². The molecule has 0 unspecified atom stereocenters. The minimum Gasteiger partial charge on any atom is 0 e. The van der Waals surface area contributed by atoms with Crippen LogP contribution < -0.4 is 0 Å². The molecule has 0 saturated heterocycles. The van der Waals surface area contributed by atoms with Crippen LogP contribution in [-0.4, -0.2) is 20.2 Å². The minimum absolute atomic E-state index is 0. The van der Waals surface area contributed by atoms with Crippen molar-refractivity contribution in [1.29, 1.82) is 0 Å². The molecule has 2 fully saturated rings. The SMILES string of the molecule is C[Si](C)(C)O[C@H]1CCC(=O)[C]2[CH][CH][CH][CH][C]21.[C-]#[O+].[C-]#[O+].[C-]#[O+].[Cr]. The van der Waals surface area contributed by atoms with Gasteiger partial charge in [-0.3, -0.25) is 4.79 Å². The first-order chi connectivity index (χ1) is 10.5. The fraction of sp³-hybridized carbons (Fsp3) is 0.375. The summed E-state index contributed by atoms with van der Waals surface area (Å²) in [5, 5.41) is 0. The Bertz CT molecular complexity index is 372. The second-order valence-electron chi connectivity index (χ2n) is 5.27. The van der Waals surface area contributed by atoms with E-state index in [1.165, 1.54) is 0 Å². The van der Waals surface area contributed by atoms with E-state index in [0.29, 0.717) is 6.42 Å². The van der Waals surface area contributed by atoms with E-state index in [2.05, 4.69) is 39.6 Å². The Morgan fingerprint density at radius 2 is 1.52 bits per heavy atom. The van der Waals surface area contributed by atoms with E-state index in [9.17, 15) is 4.79 Å². The van der Waals surface area contributed by atoms with Crippen molar-refractivity contribution in [3.63, 3.8) is 0 Å². The van der Waals surface area contributed by atoms with Crippen molar-refractivity contribution >= 4 is 14.1 Å². The quantitative estimate of drug-likeness (QED) is 0.425. The molecule has 2 aliphatic rings. The molecule has 0 amide bonds. The second kappa shape index (κ2) is 15.1. The standard InChI is InChI=1S/C13H18O2Si.3CO.Cr/c1-16(2,3)15-13-9-8-12(14)10-6-4-5-7-11(10)13;3*1-2;/h4-7,13H,8-9H2,1-3H3;;;;/t13-;;;;/m0..../s1. The van der Waals surface area contributed by atoms with Crippen molar-refractivity contribution in [2.75, 3.05) is 0 Å². The molecule has 0 aliphatic heterocycles. The van der Waals surface area contributed by atoms with Gasteiger partial charge >= 0.3 is 33.9 Å². The molecule has 2 rings (SSSR count). The van der Waals surface area contributed by atoms with Crippen LogP contribution in [0.15, 0.2) is 0 Å². The molecule has 0 bridgehead atoms. The van der Waals surface area contributed by atoms with Gasteiger partial charge in [-0.15, -0.1) is 0 Å². The number of hydrogen-bond acceptors (Lipinski definition) is 2. The van der Waals surface area contributed by atoms with Crippen LogP contribution in [0.1, 0.15) is 12.8 Å². The monoisotopic (exact) mass is 370 g/mol. The third-order valence-corrected chi connectivity index (χ3v) is 3.73. The number of carbonyl (C=O) groups excluding carboxylic acids is 1. The first-order valence-corrected chi connectivity index (χ1v) is 9.79. The fourth-order valence-corrected chi connectivity index (χ4v) is 3.23. The van der Waals surface area contributed by atoms with Gasteiger partial charge in [0.1, 0.15) is 5.78 Å². The smallest absolute Gasteiger partial charge is 0 e. The Hall–Kier alpha value is -0.401. The van der Waals surface area contributed by atoms with Crippen LogP contribution in [0, 0.1) is 57.5 Å². The van der Waals surface area contributed by atoms with Crippen molar-refractivity contribution < 1.29 is 40.5 Å². The summed E-state index contributed by atoms with van der Waals surface area (Å²) in [5.74, 6) is 2.20. The number of ketones is 1. The van der Waals surface area contributed by atoms with Crippen molar-refractivity contribution in [3.05, 3.63) is 57.5 Å². The summed E-state index contributed by atoms with van der Waals surface area (Å²) < 4.78 is 28.6. The summed E-state index contributed by atoms with van der Waals surface area (Å²) in [4.78, 5) is 11.8. The number of carbonyl (C=O) groups is 1. The van der Waals surface area contributed by atoms with Gasteiger partial charge in [0.15, 0.2) is 8.32 Å². The maximum Gasteiger partial charge on any atom is 0 e. The Balaban J connectivity index is -0.000000514. The predicted molar refractivity (Wildman–Crippen MR) is 77.9 cm³/mol. The average molecular weight is 370 g/mol. The molecular weight excluding hydrogens is 352 g/mol. The fourth-order valence-electron chi connectivity index (χ4n) is 2.13. The van der Waals surface area contributed by atoms with Gasteiger partial charge in [0.25, 0.3) is 0 Å². The molecule has 7 heteroatoms. The molecule has 5 nitrogen and oxygen atoms in total. The van der Waals surface area contributed by atoms with E-state index in [0.717, 1.165) is 18.3 Å². The number of hydrogen-bond donors (Lipinski definition) is 0. The van der Waals surface area contributed by atoms with Crippen molar-refractivity contribution in [3.8, 4) is 0 Å². The predicted octanol–water partition coefficient (Wildman–Crippen LogP) is 2.43. The maximum atomic E-state index is 11.8. The second-order valence-corrected chi connectivity index (χ2v) is 9.73. The molecule has 1 atom stereocenters. The third-order valence-electron chi connectivity index (χ3n) is 2.74. The zero-order chi connectivity index (χ0) is 17.8. The first kappa shape index (κ1) is 27.4. The van der Waals surface area contributed by atoms with Crippen LogP contribution in [0.5, 0.6) is 0 Å². The van der Waals surface area contributed by atoms with Crippen LogP contribution in [0.25, 0.3) is 0 Å². The van der Waals surface area contributed by atoms with E-state index < -0.39 is 8.32 Å². The molecule has 122 valence electrons. The molecule has 23 heavy (non-hydrogen) atoms. The summed E-state index contributed by atoms with van der Waals surface area (Å²) >= 11 is 0. The largest absolute Gasteiger partial charge is 0 e. The van der Waals surface area contributed by atoms with Gasteiger partial charge in [0, 0.05) is 29.7 Å². The number of fused-ring (bicyclic) bond motifs is 1. The Kier molecular flexibility index (Phi) is 18.1. The summed E-state index contributed by atoms with van der Waals surface area (Å²) in [6.07, 6.45) is 9.42. The summed E-state index contributed by atoms with van der Waals surface area (Å²) in [6, 6.07) is 0. The van der Waals surface area contributed by atoms with Gasteiger partial charge < -0.3 is 4.43 Å².